The van der Waals surface area contributed by atoms with Gasteiger partial charge in [0.2, 0.25) is 11.8 Å². The summed E-state index contributed by atoms with van der Waals surface area (Å²) in [5.74, 6) is 4.74. The molecule has 4 N–H and O–H groups in total. The molecule has 0 heterocycles. The summed E-state index contributed by atoms with van der Waals surface area (Å²) in [6, 6.07) is 0. The van der Waals surface area contributed by atoms with Gasteiger partial charge in [0.25, 0.3) is 0 Å². The molecule has 8 atom stereocenters. The Morgan fingerprint density at radius 2 is 1.37 bits per heavy atom. The molecule has 364 valence electrons. The molecular weight excluding hydrogens is 781 g/mol. The van der Waals surface area contributed by atoms with E-state index in [1.54, 1.807) is 4.90 Å². The number of amides is 3. The zero-order valence-corrected chi connectivity index (χ0v) is 42.0. The van der Waals surface area contributed by atoms with E-state index in [0.29, 0.717) is 50.9 Å². The van der Waals surface area contributed by atoms with Gasteiger partial charge in [0.05, 0.1) is 0 Å². The number of carbonyl (C=O) groups is 3. The molecule has 0 saturated heterocycles. The summed E-state index contributed by atoms with van der Waals surface area (Å²) in [5, 5.41) is 6.00. The molecule has 0 bridgehead atoms. The minimum absolute atomic E-state index is 0.0245. The van der Waals surface area contributed by atoms with Gasteiger partial charge in [-0.15, -0.1) is 0 Å². The molecule has 8 heteroatoms. The molecule has 0 aromatic heterocycles. The maximum atomic E-state index is 13.8. The normalized spacial score (nSPS) is 26.9. The van der Waals surface area contributed by atoms with Gasteiger partial charge < -0.3 is 21.1 Å². The number of hydrogen-bond acceptors (Lipinski definition) is 5. The molecule has 0 aromatic carbocycles. The summed E-state index contributed by atoms with van der Waals surface area (Å²) >= 11 is 0. The summed E-state index contributed by atoms with van der Waals surface area (Å²) in [6.45, 7) is 16.8. The number of nitrogens with two attached hydrogens (primary N) is 1. The van der Waals surface area contributed by atoms with Gasteiger partial charge in [0, 0.05) is 32.5 Å². The second-order valence-electron chi connectivity index (χ2n) is 22.2. The molecule has 8 nitrogen and oxygen atoms in total. The number of nitrogens with one attached hydrogen (secondary N) is 2. The number of fused-ring (bicyclic) bond motifs is 5. The van der Waals surface area contributed by atoms with Gasteiger partial charge >= 0.3 is 6.09 Å². The molecule has 4 aliphatic rings. The van der Waals surface area contributed by atoms with E-state index < -0.39 is 6.09 Å². The molecule has 0 spiro atoms. The van der Waals surface area contributed by atoms with Crippen LogP contribution in [0.25, 0.3) is 0 Å². The number of rotatable bonds is 32. The van der Waals surface area contributed by atoms with E-state index in [4.69, 9.17) is 10.5 Å². The molecule has 3 saturated carbocycles. The molecule has 4 rings (SSSR count). The van der Waals surface area contributed by atoms with Crippen LogP contribution in [0.1, 0.15) is 234 Å². The third-order valence-electron chi connectivity index (χ3n) is 17.0. The highest BCUT2D eigenvalue weighted by molar-refractivity contribution is 5.82. The van der Waals surface area contributed by atoms with Crippen LogP contribution in [0.5, 0.6) is 0 Å². The van der Waals surface area contributed by atoms with Gasteiger partial charge in [0.1, 0.15) is 12.6 Å². The van der Waals surface area contributed by atoms with Gasteiger partial charge in [0.15, 0.2) is 0 Å². The summed E-state index contributed by atoms with van der Waals surface area (Å²) in [5.41, 5.74) is 7.83. The molecule has 0 radical (unpaired) electrons. The first-order valence-corrected chi connectivity index (χ1v) is 27.3. The maximum absolute atomic E-state index is 13.8. The average Bonchev–Trinajstić information content (AvgIpc) is 3.62. The predicted octanol–water partition coefficient (Wildman–Crippen LogP) is 13.5. The van der Waals surface area contributed by atoms with Crippen molar-refractivity contribution in [3.05, 3.63) is 11.6 Å². The van der Waals surface area contributed by atoms with E-state index >= 15 is 0 Å². The number of hydrogen-bond donors (Lipinski definition) is 3. The van der Waals surface area contributed by atoms with Crippen molar-refractivity contribution in [3.63, 3.8) is 0 Å². The summed E-state index contributed by atoms with van der Waals surface area (Å²) < 4.78 is 6.27. The van der Waals surface area contributed by atoms with Crippen LogP contribution in [0, 0.1) is 46.3 Å². The van der Waals surface area contributed by atoms with Gasteiger partial charge in [-0.1, -0.05) is 162 Å². The third-order valence-corrected chi connectivity index (χ3v) is 17.0. The second-order valence-corrected chi connectivity index (χ2v) is 22.2. The minimum Gasteiger partial charge on any atom is -0.446 e. The quantitative estimate of drug-likeness (QED) is 0.0460. The summed E-state index contributed by atoms with van der Waals surface area (Å²) in [6.07, 6.45) is 38.0. The van der Waals surface area contributed by atoms with Crippen LogP contribution in [0.3, 0.4) is 0 Å². The standard InChI is InChI=1S/C55H100N4O4/c1-7-8-9-10-11-12-13-14-15-16-17-18-19-20-21-28-51(60)57-38-22-23-40-59(42-52(61)58-39-25-37-56)53(62)63-46-33-35-54(5)45(41-46)29-30-47-49-32-31-48(44(4)27-24-26-43(2)3)55(49,6)36-34-50(47)54/h29,43-44,46-50H,7-28,30-42,56H2,1-6H3,(H,57,60)(H,58,61)/t44-,46+,47+,48-,49+,50+,54+,55-/m1/s1. The Bertz CT molecular complexity index is 1350. The molecular formula is C55H100N4O4. The Balaban J connectivity index is 1.15. The molecule has 63 heavy (non-hydrogen) atoms. The predicted molar refractivity (Wildman–Crippen MR) is 263 cm³/mol. The molecule has 0 aromatic rings. The summed E-state index contributed by atoms with van der Waals surface area (Å²) in [4.78, 5) is 40.8. The second kappa shape index (κ2) is 28.8. The maximum Gasteiger partial charge on any atom is 0.410 e. The van der Waals surface area contributed by atoms with Crippen molar-refractivity contribution in [1.82, 2.24) is 15.5 Å². The lowest BCUT2D eigenvalue weighted by molar-refractivity contribution is -0.122. The van der Waals surface area contributed by atoms with Crippen LogP contribution in [0.4, 0.5) is 4.79 Å². The zero-order chi connectivity index (χ0) is 45.5. The van der Waals surface area contributed by atoms with Crippen LogP contribution >= 0.6 is 0 Å². The largest absolute Gasteiger partial charge is 0.446 e. The van der Waals surface area contributed by atoms with Crippen molar-refractivity contribution < 1.29 is 19.1 Å². The van der Waals surface area contributed by atoms with E-state index in [-0.39, 0.29) is 29.9 Å². The van der Waals surface area contributed by atoms with Crippen LogP contribution in [0.15, 0.2) is 11.6 Å². The Hall–Kier alpha value is -2.09. The summed E-state index contributed by atoms with van der Waals surface area (Å²) in [7, 11) is 0. The van der Waals surface area contributed by atoms with E-state index in [0.717, 1.165) is 74.0 Å². The molecule has 0 aliphatic heterocycles. The van der Waals surface area contributed by atoms with Crippen molar-refractivity contribution in [2.75, 3.05) is 32.7 Å². The van der Waals surface area contributed by atoms with Crippen molar-refractivity contribution in [3.8, 4) is 0 Å². The average molecular weight is 881 g/mol. The third kappa shape index (κ3) is 17.3. The molecule has 3 fully saturated rings. The van der Waals surface area contributed by atoms with E-state index in [9.17, 15) is 14.4 Å². The lowest BCUT2D eigenvalue weighted by Gasteiger charge is -2.58. The number of unbranched alkanes of at least 4 members (excludes halogenated alkanes) is 15. The molecule has 3 amide bonds. The SMILES string of the molecule is CCCCCCCCCCCCCCCCCC(=O)NCCCCN(CC(=O)NCCCN)C(=O)O[C@H]1CC[C@@]2(C)C(=CC[C@H]3[C@@H]4CC[C@H]([C@H](C)CCCC(C)C)[C@@]4(C)CC[C@@H]32)C1. The number of nitrogens with zero attached hydrogens (tertiary/aromatic N) is 1. The first-order chi connectivity index (χ1) is 30.4. The highest BCUT2D eigenvalue weighted by Gasteiger charge is 2.59. The first-order valence-electron chi connectivity index (χ1n) is 27.3. The fourth-order valence-electron chi connectivity index (χ4n) is 13.2. The van der Waals surface area contributed by atoms with Gasteiger partial charge in [-0.25, -0.2) is 4.79 Å². The van der Waals surface area contributed by atoms with Gasteiger partial charge in [-0.05, 0) is 124 Å². The van der Waals surface area contributed by atoms with Crippen LogP contribution in [-0.4, -0.2) is 61.6 Å². The Morgan fingerprint density at radius 1 is 0.730 bits per heavy atom. The highest BCUT2D eigenvalue weighted by Crippen LogP contribution is 2.67. The van der Waals surface area contributed by atoms with Crippen molar-refractivity contribution in [2.24, 2.45) is 52.1 Å². The lowest BCUT2D eigenvalue weighted by atomic mass is 9.47. The topological polar surface area (TPSA) is 114 Å². The Labute approximate surface area is 388 Å². The number of carbonyl (C=O) groups excluding carboxylic acids is 3. The lowest BCUT2D eigenvalue weighted by Crippen LogP contribution is -2.51. The first kappa shape index (κ1) is 53.5. The fraction of sp³-hybridized carbons (Fsp3) is 0.909. The smallest absolute Gasteiger partial charge is 0.410 e. The van der Waals surface area contributed by atoms with Crippen LogP contribution in [0.2, 0.25) is 0 Å². The number of allylic oxidation sites excluding steroid dienone is 1. The zero-order valence-electron chi connectivity index (χ0n) is 42.0. The Kier molecular flexibility index (Phi) is 24.5. The molecule has 4 aliphatic carbocycles. The monoisotopic (exact) mass is 881 g/mol. The number of ether oxygens (including phenoxy) is 1. The van der Waals surface area contributed by atoms with Gasteiger partial charge in [-0.3, -0.25) is 14.5 Å². The fourth-order valence-corrected chi connectivity index (χ4v) is 13.2. The highest BCUT2D eigenvalue weighted by atomic mass is 16.6. The van der Waals surface area contributed by atoms with Crippen molar-refractivity contribution in [2.45, 2.75) is 240 Å². The molecule has 0 unspecified atom stereocenters. The van der Waals surface area contributed by atoms with E-state index in [1.165, 1.54) is 140 Å². The van der Waals surface area contributed by atoms with Gasteiger partial charge in [-0.2, -0.15) is 0 Å². The van der Waals surface area contributed by atoms with E-state index in [2.05, 4.69) is 58.3 Å². The van der Waals surface area contributed by atoms with Crippen molar-refractivity contribution in [1.29, 1.82) is 0 Å². The van der Waals surface area contributed by atoms with Crippen LogP contribution in [-0.2, 0) is 14.3 Å². The van der Waals surface area contributed by atoms with E-state index in [1.807, 2.05) is 0 Å². The Morgan fingerprint density at radius 3 is 2.02 bits per heavy atom. The minimum atomic E-state index is -0.392. The van der Waals surface area contributed by atoms with Crippen LogP contribution < -0.4 is 16.4 Å². The van der Waals surface area contributed by atoms with Crippen molar-refractivity contribution >= 4 is 17.9 Å².